The predicted octanol–water partition coefficient (Wildman–Crippen LogP) is 3.06. The molecular weight excluding hydrogens is 232 g/mol. The highest BCUT2D eigenvalue weighted by Crippen LogP contribution is 2.18. The molecule has 0 aliphatic rings. The van der Waals surface area contributed by atoms with Crippen LogP contribution in [0.2, 0.25) is 0 Å². The van der Waals surface area contributed by atoms with Crippen molar-refractivity contribution in [3.8, 4) is 0 Å². The van der Waals surface area contributed by atoms with E-state index in [9.17, 15) is 8.78 Å². The van der Waals surface area contributed by atoms with Crippen LogP contribution in [0, 0.1) is 11.6 Å². The Bertz CT molecular complexity index is 521. The smallest absolute Gasteiger partial charge is 0.127 e. The van der Waals surface area contributed by atoms with E-state index in [1.807, 2.05) is 6.07 Å². The fourth-order valence-corrected chi connectivity index (χ4v) is 2.00. The zero-order valence-corrected chi connectivity index (χ0v) is 10.00. The lowest BCUT2D eigenvalue weighted by Crippen LogP contribution is -2.07. The number of rotatable bonds is 4. The van der Waals surface area contributed by atoms with Crippen molar-refractivity contribution in [1.29, 1.82) is 0 Å². The molecular formula is C15H15F2N. The minimum Gasteiger partial charge on any atom is -0.330 e. The van der Waals surface area contributed by atoms with E-state index >= 15 is 0 Å². The van der Waals surface area contributed by atoms with Crippen LogP contribution in [0.3, 0.4) is 0 Å². The molecule has 0 saturated carbocycles. The molecule has 0 aliphatic heterocycles. The molecule has 0 fully saturated rings. The van der Waals surface area contributed by atoms with Crippen molar-refractivity contribution in [2.75, 3.05) is 6.54 Å². The van der Waals surface area contributed by atoms with Crippen molar-refractivity contribution in [3.63, 3.8) is 0 Å². The van der Waals surface area contributed by atoms with Crippen LogP contribution in [0.4, 0.5) is 8.78 Å². The van der Waals surface area contributed by atoms with E-state index in [1.54, 1.807) is 18.2 Å². The summed E-state index contributed by atoms with van der Waals surface area (Å²) < 4.78 is 26.6. The zero-order chi connectivity index (χ0) is 13.0. The molecule has 0 amide bonds. The third kappa shape index (κ3) is 2.93. The van der Waals surface area contributed by atoms with Crippen LogP contribution < -0.4 is 5.73 Å². The Kier molecular flexibility index (Phi) is 4.05. The molecule has 0 unspecified atom stereocenters. The van der Waals surface area contributed by atoms with E-state index in [1.165, 1.54) is 18.2 Å². The van der Waals surface area contributed by atoms with Crippen LogP contribution in [-0.4, -0.2) is 6.54 Å². The third-order valence-electron chi connectivity index (χ3n) is 2.92. The Balaban J connectivity index is 2.30. The van der Waals surface area contributed by atoms with Gasteiger partial charge in [-0.2, -0.15) is 0 Å². The zero-order valence-electron chi connectivity index (χ0n) is 10.00. The van der Waals surface area contributed by atoms with Gasteiger partial charge in [-0.3, -0.25) is 0 Å². The molecule has 0 atom stereocenters. The summed E-state index contributed by atoms with van der Waals surface area (Å²) in [5.74, 6) is -0.514. The molecule has 0 bridgehead atoms. The second-order valence-electron chi connectivity index (χ2n) is 4.22. The van der Waals surface area contributed by atoms with Gasteiger partial charge >= 0.3 is 0 Å². The molecule has 0 aromatic heterocycles. The normalized spacial score (nSPS) is 10.6. The second-order valence-corrected chi connectivity index (χ2v) is 4.22. The number of halogens is 2. The largest absolute Gasteiger partial charge is 0.330 e. The molecule has 0 radical (unpaired) electrons. The lowest BCUT2D eigenvalue weighted by Gasteiger charge is -2.10. The Morgan fingerprint density at radius 3 is 2.33 bits per heavy atom. The van der Waals surface area contributed by atoms with Crippen LogP contribution in [0.5, 0.6) is 0 Å². The molecule has 18 heavy (non-hydrogen) atoms. The van der Waals surface area contributed by atoms with Crippen LogP contribution in [-0.2, 0) is 12.8 Å². The Labute approximate surface area is 105 Å². The molecule has 1 nitrogen and oxygen atoms in total. The van der Waals surface area contributed by atoms with Gasteiger partial charge in [0.25, 0.3) is 0 Å². The first-order valence-corrected chi connectivity index (χ1v) is 5.91. The van der Waals surface area contributed by atoms with Gasteiger partial charge in [0, 0.05) is 6.42 Å². The summed E-state index contributed by atoms with van der Waals surface area (Å²) in [5, 5.41) is 0. The first-order chi connectivity index (χ1) is 8.70. The van der Waals surface area contributed by atoms with Gasteiger partial charge in [0.05, 0.1) is 0 Å². The third-order valence-corrected chi connectivity index (χ3v) is 2.92. The Hall–Kier alpha value is -1.74. The van der Waals surface area contributed by atoms with Gasteiger partial charge in [0.2, 0.25) is 0 Å². The molecule has 94 valence electrons. The van der Waals surface area contributed by atoms with Crippen molar-refractivity contribution in [3.05, 3.63) is 70.8 Å². The highest BCUT2D eigenvalue weighted by Gasteiger charge is 2.08. The maximum absolute atomic E-state index is 13.8. The average molecular weight is 247 g/mol. The summed E-state index contributed by atoms with van der Waals surface area (Å²) in [7, 11) is 0. The van der Waals surface area contributed by atoms with Crippen LogP contribution in [0.25, 0.3) is 0 Å². The number of hydrogen-bond acceptors (Lipinski definition) is 1. The standard InChI is InChI=1S/C15H15F2N/c16-13-6-4-11(5-7-13)10-14-12(8-9-18)2-1-3-15(14)17/h1-7H,8-10,18H2. The van der Waals surface area contributed by atoms with Gasteiger partial charge in [-0.25, -0.2) is 8.78 Å². The molecule has 2 aromatic carbocycles. The van der Waals surface area contributed by atoms with E-state index in [4.69, 9.17) is 5.73 Å². The highest BCUT2D eigenvalue weighted by atomic mass is 19.1. The SMILES string of the molecule is NCCc1cccc(F)c1Cc1ccc(F)cc1. The highest BCUT2D eigenvalue weighted by molar-refractivity contribution is 5.34. The predicted molar refractivity (Wildman–Crippen MR) is 68.4 cm³/mol. The summed E-state index contributed by atoms with van der Waals surface area (Å²) in [6.45, 7) is 0.486. The molecule has 0 heterocycles. The van der Waals surface area contributed by atoms with Gasteiger partial charge in [-0.1, -0.05) is 24.3 Å². The van der Waals surface area contributed by atoms with Gasteiger partial charge in [-0.05, 0) is 47.9 Å². The van der Waals surface area contributed by atoms with Crippen LogP contribution in [0.15, 0.2) is 42.5 Å². The molecule has 0 saturated heterocycles. The molecule has 2 aromatic rings. The molecule has 2 rings (SSSR count). The van der Waals surface area contributed by atoms with E-state index in [0.29, 0.717) is 24.9 Å². The van der Waals surface area contributed by atoms with Gasteiger partial charge in [0.15, 0.2) is 0 Å². The summed E-state index contributed by atoms with van der Waals surface area (Å²) in [6, 6.07) is 11.1. The lowest BCUT2D eigenvalue weighted by molar-refractivity contribution is 0.609. The van der Waals surface area contributed by atoms with E-state index in [-0.39, 0.29) is 11.6 Å². The maximum Gasteiger partial charge on any atom is 0.127 e. The molecule has 0 spiro atoms. The van der Waals surface area contributed by atoms with Crippen molar-refractivity contribution in [1.82, 2.24) is 0 Å². The summed E-state index contributed by atoms with van der Waals surface area (Å²) in [5.41, 5.74) is 7.98. The van der Waals surface area contributed by atoms with E-state index in [2.05, 4.69) is 0 Å². The second kappa shape index (κ2) is 5.74. The van der Waals surface area contributed by atoms with Crippen molar-refractivity contribution < 1.29 is 8.78 Å². The summed E-state index contributed by atoms with van der Waals surface area (Å²) in [4.78, 5) is 0. The minimum atomic E-state index is -0.283. The van der Waals surface area contributed by atoms with E-state index < -0.39 is 0 Å². The van der Waals surface area contributed by atoms with Gasteiger partial charge in [0.1, 0.15) is 11.6 Å². The molecule has 2 N–H and O–H groups in total. The first-order valence-electron chi connectivity index (χ1n) is 5.91. The quantitative estimate of drug-likeness (QED) is 0.883. The lowest BCUT2D eigenvalue weighted by atomic mass is 9.97. The maximum atomic E-state index is 13.8. The topological polar surface area (TPSA) is 26.0 Å². The summed E-state index contributed by atoms with van der Waals surface area (Å²) >= 11 is 0. The molecule has 3 heteroatoms. The summed E-state index contributed by atoms with van der Waals surface area (Å²) in [6.07, 6.45) is 1.11. The van der Waals surface area contributed by atoms with Gasteiger partial charge in [-0.15, -0.1) is 0 Å². The average Bonchev–Trinajstić information content (AvgIpc) is 2.36. The van der Waals surface area contributed by atoms with Crippen LogP contribution >= 0.6 is 0 Å². The number of nitrogens with two attached hydrogens (primary N) is 1. The fourth-order valence-electron chi connectivity index (χ4n) is 2.00. The van der Waals surface area contributed by atoms with Crippen molar-refractivity contribution >= 4 is 0 Å². The van der Waals surface area contributed by atoms with Crippen molar-refractivity contribution in [2.24, 2.45) is 5.73 Å². The van der Waals surface area contributed by atoms with E-state index in [0.717, 1.165) is 11.1 Å². The molecule has 0 aliphatic carbocycles. The fraction of sp³-hybridized carbons (Fsp3) is 0.200. The monoisotopic (exact) mass is 247 g/mol. The number of benzene rings is 2. The first kappa shape index (κ1) is 12.7. The van der Waals surface area contributed by atoms with Gasteiger partial charge < -0.3 is 5.73 Å². The van der Waals surface area contributed by atoms with Crippen LogP contribution in [0.1, 0.15) is 16.7 Å². The Morgan fingerprint density at radius 2 is 1.67 bits per heavy atom. The minimum absolute atomic E-state index is 0.231. The number of hydrogen-bond donors (Lipinski definition) is 1. The Morgan fingerprint density at radius 1 is 0.944 bits per heavy atom. The van der Waals surface area contributed by atoms with Crippen molar-refractivity contribution in [2.45, 2.75) is 12.8 Å².